The second-order valence-corrected chi connectivity index (χ2v) is 3.38. The zero-order valence-corrected chi connectivity index (χ0v) is 6.59. The molecule has 0 bridgehead atoms. The Morgan fingerprint density at radius 2 is 2.36 bits per heavy atom. The van der Waals surface area contributed by atoms with Crippen LogP contribution in [0.25, 0.3) is 0 Å². The predicted molar refractivity (Wildman–Crippen MR) is 39.2 cm³/mol. The van der Waals surface area contributed by atoms with Crippen molar-refractivity contribution in [3.05, 3.63) is 0 Å². The van der Waals surface area contributed by atoms with E-state index in [9.17, 15) is 4.79 Å². The first-order valence-electron chi connectivity index (χ1n) is 3.79. The third kappa shape index (κ3) is 1.02. The van der Waals surface area contributed by atoms with Crippen molar-refractivity contribution >= 4 is 5.91 Å². The van der Waals surface area contributed by atoms with Crippen molar-refractivity contribution in [3.63, 3.8) is 0 Å². The number of carbonyl (C=O) groups excluding carboxylic acids is 1. The Morgan fingerprint density at radius 3 is 2.82 bits per heavy atom. The summed E-state index contributed by atoms with van der Waals surface area (Å²) in [4.78, 5) is 12.8. The fraction of sp³-hybridized carbons (Fsp3) is 0.857. The molecule has 2 saturated heterocycles. The highest BCUT2D eigenvalue weighted by molar-refractivity contribution is 5.79. The smallest absolute Gasteiger partial charge is 0.236 e. The van der Waals surface area contributed by atoms with Crippen LogP contribution in [0.1, 0.15) is 0 Å². The average molecular weight is 156 g/mol. The van der Waals surface area contributed by atoms with Crippen LogP contribution >= 0.6 is 0 Å². The van der Waals surface area contributed by atoms with Crippen LogP contribution in [0.15, 0.2) is 0 Å². The summed E-state index contributed by atoms with van der Waals surface area (Å²) in [7, 11) is 1.84. The molecular formula is C7H12N2O2. The van der Waals surface area contributed by atoms with Gasteiger partial charge in [0, 0.05) is 13.6 Å². The molecule has 1 spiro atoms. The molecule has 2 aliphatic rings. The highest BCUT2D eigenvalue weighted by Crippen LogP contribution is 2.20. The lowest BCUT2D eigenvalue weighted by atomic mass is 9.95. The van der Waals surface area contributed by atoms with Crippen LogP contribution in [0.4, 0.5) is 0 Å². The highest BCUT2D eigenvalue weighted by Gasteiger charge is 2.43. The Balaban J connectivity index is 2.02. The number of amides is 1. The third-order valence-corrected chi connectivity index (χ3v) is 2.34. The summed E-state index contributed by atoms with van der Waals surface area (Å²) in [5.41, 5.74) is 0.0860. The van der Waals surface area contributed by atoms with Gasteiger partial charge in [0.15, 0.2) is 0 Å². The van der Waals surface area contributed by atoms with Gasteiger partial charge in [-0.3, -0.25) is 10.1 Å². The lowest BCUT2D eigenvalue weighted by molar-refractivity contribution is -0.145. The molecule has 0 saturated carbocycles. The second-order valence-electron chi connectivity index (χ2n) is 3.38. The van der Waals surface area contributed by atoms with Gasteiger partial charge >= 0.3 is 0 Å². The monoisotopic (exact) mass is 156 g/mol. The number of hydrogen-bond acceptors (Lipinski definition) is 3. The van der Waals surface area contributed by atoms with Gasteiger partial charge in [-0.2, -0.15) is 0 Å². The summed E-state index contributed by atoms with van der Waals surface area (Å²) in [5, 5.41) is 3.20. The van der Waals surface area contributed by atoms with Crippen molar-refractivity contribution in [1.29, 1.82) is 0 Å². The van der Waals surface area contributed by atoms with E-state index < -0.39 is 0 Å². The number of hydrogen-bond donors (Lipinski definition) is 1. The molecule has 0 aliphatic carbocycles. The summed E-state index contributed by atoms with van der Waals surface area (Å²) in [5.74, 6) is 0.169. The van der Waals surface area contributed by atoms with Gasteiger partial charge in [-0.15, -0.1) is 0 Å². The SMILES string of the molecule is CN1CC2(COC2)NCC1=O. The molecule has 0 unspecified atom stereocenters. The van der Waals surface area contributed by atoms with Crippen LogP contribution in [0.3, 0.4) is 0 Å². The molecule has 0 aromatic heterocycles. The first-order valence-corrected chi connectivity index (χ1v) is 3.79. The average Bonchev–Trinajstić information content (AvgIpc) is 1.92. The maximum atomic E-state index is 11.0. The van der Waals surface area contributed by atoms with Crippen LogP contribution < -0.4 is 5.32 Å². The zero-order chi connectivity index (χ0) is 7.90. The van der Waals surface area contributed by atoms with E-state index in [0.717, 1.165) is 19.8 Å². The molecule has 0 aromatic carbocycles. The summed E-state index contributed by atoms with van der Waals surface area (Å²) in [6, 6.07) is 0. The number of piperazine rings is 1. The Labute approximate surface area is 65.5 Å². The summed E-state index contributed by atoms with van der Waals surface area (Å²) < 4.78 is 5.10. The number of likely N-dealkylation sites (N-methyl/N-ethyl adjacent to an activating group) is 1. The maximum Gasteiger partial charge on any atom is 0.236 e. The minimum Gasteiger partial charge on any atom is -0.377 e. The van der Waals surface area contributed by atoms with Gasteiger partial charge in [-0.1, -0.05) is 0 Å². The van der Waals surface area contributed by atoms with Gasteiger partial charge in [-0.05, 0) is 0 Å². The van der Waals surface area contributed by atoms with E-state index in [1.54, 1.807) is 4.90 Å². The van der Waals surface area contributed by atoms with E-state index in [-0.39, 0.29) is 11.4 Å². The number of rotatable bonds is 0. The normalized spacial score (nSPS) is 28.8. The summed E-state index contributed by atoms with van der Waals surface area (Å²) >= 11 is 0. The van der Waals surface area contributed by atoms with Gasteiger partial charge in [0.1, 0.15) is 0 Å². The van der Waals surface area contributed by atoms with Crippen LogP contribution in [-0.4, -0.2) is 49.7 Å². The minimum atomic E-state index is 0.0860. The van der Waals surface area contributed by atoms with Gasteiger partial charge < -0.3 is 9.64 Å². The summed E-state index contributed by atoms with van der Waals surface area (Å²) in [6.45, 7) is 2.72. The minimum absolute atomic E-state index is 0.0860. The molecule has 1 N–H and O–H groups in total. The Bertz CT molecular complexity index is 189. The number of nitrogens with zero attached hydrogens (tertiary/aromatic N) is 1. The maximum absolute atomic E-state index is 11.0. The molecule has 0 atom stereocenters. The van der Waals surface area contributed by atoms with Crippen LogP contribution in [0.2, 0.25) is 0 Å². The van der Waals surface area contributed by atoms with Crippen LogP contribution in [-0.2, 0) is 9.53 Å². The molecule has 62 valence electrons. The first kappa shape index (κ1) is 7.06. The van der Waals surface area contributed by atoms with Gasteiger partial charge in [0.25, 0.3) is 0 Å². The molecule has 4 heteroatoms. The second kappa shape index (κ2) is 2.19. The predicted octanol–water partition coefficient (Wildman–Crippen LogP) is -1.18. The molecule has 4 nitrogen and oxygen atoms in total. The van der Waals surface area contributed by atoms with Crippen molar-refractivity contribution in [2.75, 3.05) is 33.4 Å². The van der Waals surface area contributed by atoms with Crippen LogP contribution in [0.5, 0.6) is 0 Å². The number of ether oxygens (including phenoxy) is 1. The van der Waals surface area contributed by atoms with E-state index in [4.69, 9.17) is 4.74 Å². The standard InChI is InChI=1S/C7H12N2O2/c1-9-3-7(4-11-5-7)8-2-6(9)10/h8H,2-5H2,1H3. The van der Waals surface area contributed by atoms with Crippen molar-refractivity contribution in [2.24, 2.45) is 0 Å². The third-order valence-electron chi connectivity index (χ3n) is 2.34. The molecule has 2 fully saturated rings. The molecule has 11 heavy (non-hydrogen) atoms. The van der Waals surface area contributed by atoms with Gasteiger partial charge in [-0.25, -0.2) is 0 Å². The molecular weight excluding hydrogens is 144 g/mol. The van der Waals surface area contributed by atoms with Crippen molar-refractivity contribution < 1.29 is 9.53 Å². The van der Waals surface area contributed by atoms with E-state index in [2.05, 4.69) is 5.32 Å². The Morgan fingerprint density at radius 1 is 1.64 bits per heavy atom. The van der Waals surface area contributed by atoms with E-state index in [1.165, 1.54) is 0 Å². The Kier molecular flexibility index (Phi) is 1.40. The number of carbonyl (C=O) groups is 1. The van der Waals surface area contributed by atoms with Crippen LogP contribution in [0, 0.1) is 0 Å². The Hall–Kier alpha value is -0.610. The first-order chi connectivity index (χ1) is 5.22. The summed E-state index contributed by atoms with van der Waals surface area (Å²) in [6.07, 6.45) is 0. The van der Waals surface area contributed by atoms with Crippen molar-refractivity contribution in [1.82, 2.24) is 10.2 Å². The van der Waals surface area contributed by atoms with E-state index >= 15 is 0 Å². The van der Waals surface area contributed by atoms with Gasteiger partial charge in [0.2, 0.25) is 5.91 Å². The molecule has 2 heterocycles. The fourth-order valence-corrected chi connectivity index (χ4v) is 1.54. The van der Waals surface area contributed by atoms with Crippen molar-refractivity contribution in [2.45, 2.75) is 5.54 Å². The topological polar surface area (TPSA) is 41.6 Å². The lowest BCUT2D eigenvalue weighted by Gasteiger charge is -2.47. The highest BCUT2D eigenvalue weighted by atomic mass is 16.5. The van der Waals surface area contributed by atoms with E-state index in [1.807, 2.05) is 7.05 Å². The molecule has 2 rings (SSSR count). The molecule has 1 amide bonds. The quantitative estimate of drug-likeness (QED) is 0.480. The fourth-order valence-electron chi connectivity index (χ4n) is 1.54. The molecule has 0 aromatic rings. The largest absolute Gasteiger partial charge is 0.377 e. The van der Waals surface area contributed by atoms with Gasteiger partial charge in [0.05, 0.1) is 25.3 Å². The molecule has 0 radical (unpaired) electrons. The van der Waals surface area contributed by atoms with E-state index in [0.29, 0.717) is 6.54 Å². The zero-order valence-electron chi connectivity index (χ0n) is 6.59. The molecule has 2 aliphatic heterocycles. The lowest BCUT2D eigenvalue weighted by Crippen LogP contribution is -2.70. The van der Waals surface area contributed by atoms with Crippen molar-refractivity contribution in [3.8, 4) is 0 Å². The number of nitrogens with one attached hydrogen (secondary N) is 1.